The Morgan fingerprint density at radius 1 is 0.882 bits per heavy atom. The first-order chi connectivity index (χ1) is 8.29. The molecular weight excluding hydrogens is 206 g/mol. The molecule has 0 unspecified atom stereocenters. The van der Waals surface area contributed by atoms with Gasteiger partial charge in [-0.15, -0.1) is 0 Å². The molecule has 1 nitrogen and oxygen atoms in total. The molecule has 1 aromatic carbocycles. The van der Waals surface area contributed by atoms with E-state index in [4.69, 9.17) is 0 Å². The Morgan fingerprint density at radius 3 is 1.82 bits per heavy atom. The van der Waals surface area contributed by atoms with Crippen molar-refractivity contribution in [3.8, 4) is 0 Å². The fourth-order valence-electron chi connectivity index (χ4n) is 4.59. The lowest BCUT2D eigenvalue weighted by Gasteiger charge is -2.48. The van der Waals surface area contributed by atoms with Crippen molar-refractivity contribution in [1.29, 1.82) is 0 Å². The van der Waals surface area contributed by atoms with E-state index in [1.807, 2.05) is 0 Å². The first kappa shape index (κ1) is 9.90. The molecule has 1 aliphatic heterocycles. The first-order valence-electron chi connectivity index (χ1n) is 6.76. The van der Waals surface area contributed by atoms with Crippen molar-refractivity contribution in [2.75, 3.05) is 13.1 Å². The lowest BCUT2D eigenvalue weighted by molar-refractivity contribution is 0.288. The Labute approximate surface area is 103 Å². The lowest BCUT2D eigenvalue weighted by atomic mass is 9.56. The highest BCUT2D eigenvalue weighted by molar-refractivity contribution is 5.52. The van der Waals surface area contributed by atoms with Crippen LogP contribution in [0.15, 0.2) is 35.4 Å². The summed E-state index contributed by atoms with van der Waals surface area (Å²) in [5, 5.41) is 3.61. The minimum Gasteiger partial charge on any atom is -0.316 e. The standard InChI is InChI=1S/C16H19N/c1-9-10(2)16-12-6-4-3-5-11(12)15(9)13-7-17-8-14(13)16/h3-6,13-17H,7-8H2,1-2H3/t13-,14+,15+,16-. The zero-order chi connectivity index (χ0) is 11.6. The summed E-state index contributed by atoms with van der Waals surface area (Å²) in [5.74, 6) is 3.07. The van der Waals surface area contributed by atoms with Crippen LogP contribution in [0.2, 0.25) is 0 Å². The molecule has 1 heteroatoms. The van der Waals surface area contributed by atoms with Crippen LogP contribution < -0.4 is 5.32 Å². The molecule has 1 heterocycles. The number of benzene rings is 1. The second kappa shape index (κ2) is 3.23. The summed E-state index contributed by atoms with van der Waals surface area (Å²) in [6.07, 6.45) is 0. The summed E-state index contributed by atoms with van der Waals surface area (Å²) in [4.78, 5) is 0. The summed E-state index contributed by atoms with van der Waals surface area (Å²) in [7, 11) is 0. The Hall–Kier alpha value is -1.08. The van der Waals surface area contributed by atoms with Gasteiger partial charge in [0.05, 0.1) is 0 Å². The summed E-state index contributed by atoms with van der Waals surface area (Å²) < 4.78 is 0. The minimum absolute atomic E-state index is 0.691. The molecule has 1 aromatic rings. The normalized spacial score (nSPS) is 38.2. The van der Waals surface area contributed by atoms with Gasteiger partial charge in [-0.1, -0.05) is 35.4 Å². The van der Waals surface area contributed by atoms with Crippen LogP contribution in [0, 0.1) is 11.8 Å². The highest BCUT2D eigenvalue weighted by atomic mass is 14.9. The van der Waals surface area contributed by atoms with Gasteiger partial charge in [-0.05, 0) is 49.9 Å². The van der Waals surface area contributed by atoms with Crippen molar-refractivity contribution >= 4 is 0 Å². The smallest absolute Gasteiger partial charge is 0.00949 e. The maximum Gasteiger partial charge on any atom is 0.00949 e. The maximum absolute atomic E-state index is 3.61. The Kier molecular flexibility index (Phi) is 1.88. The largest absolute Gasteiger partial charge is 0.316 e. The fourth-order valence-corrected chi connectivity index (χ4v) is 4.59. The summed E-state index contributed by atoms with van der Waals surface area (Å²) in [6, 6.07) is 9.13. The average Bonchev–Trinajstić information content (AvgIpc) is 2.82. The van der Waals surface area contributed by atoms with Gasteiger partial charge in [-0.3, -0.25) is 0 Å². The minimum atomic E-state index is 0.691. The van der Waals surface area contributed by atoms with Crippen LogP contribution in [-0.4, -0.2) is 13.1 Å². The number of rotatable bonds is 0. The van der Waals surface area contributed by atoms with Gasteiger partial charge in [0, 0.05) is 11.8 Å². The van der Waals surface area contributed by atoms with E-state index in [1.165, 1.54) is 13.1 Å². The molecule has 1 saturated heterocycles. The third kappa shape index (κ3) is 1.08. The number of allylic oxidation sites excluding steroid dienone is 2. The molecule has 2 bridgehead atoms. The summed E-state index contributed by atoms with van der Waals surface area (Å²) in [5.41, 5.74) is 6.54. The second-order valence-corrected chi connectivity index (χ2v) is 5.94. The molecule has 4 atom stereocenters. The van der Waals surface area contributed by atoms with Crippen molar-refractivity contribution in [2.45, 2.75) is 25.7 Å². The number of hydrogen-bond acceptors (Lipinski definition) is 1. The molecule has 0 spiro atoms. The summed E-state index contributed by atoms with van der Waals surface area (Å²) >= 11 is 0. The van der Waals surface area contributed by atoms with Gasteiger partial charge in [0.15, 0.2) is 0 Å². The molecule has 88 valence electrons. The van der Waals surface area contributed by atoms with Crippen molar-refractivity contribution in [1.82, 2.24) is 5.32 Å². The van der Waals surface area contributed by atoms with Crippen molar-refractivity contribution < 1.29 is 0 Å². The molecule has 3 aliphatic carbocycles. The topological polar surface area (TPSA) is 12.0 Å². The van der Waals surface area contributed by atoms with E-state index < -0.39 is 0 Å². The van der Waals surface area contributed by atoms with Crippen LogP contribution in [-0.2, 0) is 0 Å². The molecule has 0 saturated carbocycles. The van der Waals surface area contributed by atoms with E-state index in [9.17, 15) is 0 Å². The highest BCUT2D eigenvalue weighted by Crippen LogP contribution is 2.58. The third-order valence-electron chi connectivity index (χ3n) is 5.39. The molecular formula is C16H19N. The van der Waals surface area contributed by atoms with Crippen LogP contribution in [0.5, 0.6) is 0 Å². The predicted octanol–water partition coefficient (Wildman–Crippen LogP) is 3.05. The quantitative estimate of drug-likeness (QED) is 0.669. The highest BCUT2D eigenvalue weighted by Gasteiger charge is 2.50. The lowest BCUT2D eigenvalue weighted by Crippen LogP contribution is -2.38. The zero-order valence-corrected chi connectivity index (χ0v) is 10.5. The van der Waals surface area contributed by atoms with Gasteiger partial charge in [0.1, 0.15) is 0 Å². The zero-order valence-electron chi connectivity index (χ0n) is 10.5. The van der Waals surface area contributed by atoms with Crippen LogP contribution in [0.4, 0.5) is 0 Å². The molecule has 1 N–H and O–H groups in total. The van der Waals surface area contributed by atoms with E-state index in [1.54, 1.807) is 22.3 Å². The van der Waals surface area contributed by atoms with Gasteiger partial charge < -0.3 is 5.32 Å². The average molecular weight is 225 g/mol. The fraction of sp³-hybridized carbons (Fsp3) is 0.500. The van der Waals surface area contributed by atoms with Crippen LogP contribution >= 0.6 is 0 Å². The predicted molar refractivity (Wildman–Crippen MR) is 70.1 cm³/mol. The van der Waals surface area contributed by atoms with E-state index >= 15 is 0 Å². The molecule has 5 rings (SSSR count). The number of nitrogens with one attached hydrogen (secondary N) is 1. The molecule has 0 radical (unpaired) electrons. The maximum atomic E-state index is 3.61. The van der Waals surface area contributed by atoms with Crippen LogP contribution in [0.25, 0.3) is 0 Å². The summed E-state index contributed by atoms with van der Waals surface area (Å²) in [6.45, 7) is 7.14. The van der Waals surface area contributed by atoms with Crippen molar-refractivity contribution in [3.63, 3.8) is 0 Å². The van der Waals surface area contributed by atoms with Gasteiger partial charge in [-0.2, -0.15) is 0 Å². The van der Waals surface area contributed by atoms with Gasteiger partial charge in [0.25, 0.3) is 0 Å². The molecule has 17 heavy (non-hydrogen) atoms. The first-order valence-corrected chi connectivity index (χ1v) is 6.76. The van der Waals surface area contributed by atoms with Crippen LogP contribution in [0.3, 0.4) is 0 Å². The molecule has 4 aliphatic rings. The molecule has 1 fully saturated rings. The third-order valence-corrected chi connectivity index (χ3v) is 5.39. The molecule has 0 amide bonds. The Bertz CT molecular complexity index is 469. The Balaban J connectivity index is 1.99. The van der Waals surface area contributed by atoms with Crippen molar-refractivity contribution in [3.05, 3.63) is 46.5 Å². The van der Waals surface area contributed by atoms with Crippen LogP contribution in [0.1, 0.15) is 36.8 Å². The van der Waals surface area contributed by atoms with Gasteiger partial charge >= 0.3 is 0 Å². The SMILES string of the molecule is CC1=C(C)[C@H]2c3ccccc3[C@@H]1[C@H]1CNC[C@H]12. The molecule has 0 aromatic heterocycles. The van der Waals surface area contributed by atoms with E-state index in [0.717, 1.165) is 11.8 Å². The van der Waals surface area contributed by atoms with Crippen molar-refractivity contribution in [2.24, 2.45) is 11.8 Å². The van der Waals surface area contributed by atoms with Gasteiger partial charge in [-0.25, -0.2) is 0 Å². The second-order valence-electron chi connectivity index (χ2n) is 5.94. The Morgan fingerprint density at radius 2 is 1.35 bits per heavy atom. The number of hydrogen-bond donors (Lipinski definition) is 1. The monoisotopic (exact) mass is 225 g/mol. The van der Waals surface area contributed by atoms with E-state index in [2.05, 4.69) is 43.4 Å². The van der Waals surface area contributed by atoms with Gasteiger partial charge in [0.2, 0.25) is 0 Å². The van der Waals surface area contributed by atoms with E-state index in [-0.39, 0.29) is 0 Å². The van der Waals surface area contributed by atoms with E-state index in [0.29, 0.717) is 11.8 Å².